The number of halogens is 3. The van der Waals surface area contributed by atoms with Gasteiger partial charge in [0, 0.05) is 18.8 Å². The number of hydrogen-bond donors (Lipinski definition) is 2. The lowest BCUT2D eigenvalue weighted by molar-refractivity contribution is -0.192. The molecule has 2 aromatic heterocycles. The third-order valence-electron chi connectivity index (χ3n) is 3.87. The number of carbonyl (C=O) groups is 2. The molecule has 0 bridgehead atoms. The molecule has 1 unspecified atom stereocenters. The fraction of sp³-hybridized carbons (Fsp3) is 0.444. The summed E-state index contributed by atoms with van der Waals surface area (Å²) >= 11 is 0. The van der Waals surface area contributed by atoms with Crippen LogP contribution < -0.4 is 5.32 Å². The van der Waals surface area contributed by atoms with Gasteiger partial charge < -0.3 is 20.1 Å². The van der Waals surface area contributed by atoms with Gasteiger partial charge in [0.25, 0.3) is 5.91 Å². The van der Waals surface area contributed by atoms with Crippen LogP contribution in [0.2, 0.25) is 0 Å². The standard InChI is InChI=1S/C16H20N6O2.C2HF3O2/c1-11(2)20-14-4-5-17-15(21-14)13-10-24-8-7-22(13)16(23)12-3-6-18-19-9-12;3-2(4,5)1(6)7/h3-6,9,11,13H,7-8,10H2,1-2H3,(H,17,20,21);(H,6,7). The quantitative estimate of drug-likeness (QED) is 0.729. The summed E-state index contributed by atoms with van der Waals surface area (Å²) in [6.45, 7) is 5.42. The summed E-state index contributed by atoms with van der Waals surface area (Å²) in [4.78, 5) is 32.3. The van der Waals surface area contributed by atoms with Gasteiger partial charge in [0.15, 0.2) is 5.82 Å². The van der Waals surface area contributed by atoms with Crippen LogP contribution in [0, 0.1) is 0 Å². The molecule has 0 saturated carbocycles. The number of aliphatic carboxylic acids is 1. The Labute approximate surface area is 175 Å². The Balaban J connectivity index is 0.000000423. The summed E-state index contributed by atoms with van der Waals surface area (Å²) in [6, 6.07) is 3.40. The number of aromatic nitrogens is 4. The van der Waals surface area contributed by atoms with Gasteiger partial charge in [-0.2, -0.15) is 23.4 Å². The van der Waals surface area contributed by atoms with Gasteiger partial charge in [-0.3, -0.25) is 4.79 Å². The van der Waals surface area contributed by atoms with Crippen LogP contribution in [-0.2, 0) is 9.53 Å². The second kappa shape index (κ2) is 10.6. The van der Waals surface area contributed by atoms with E-state index < -0.39 is 12.1 Å². The average Bonchev–Trinajstić information content (AvgIpc) is 2.73. The highest BCUT2D eigenvalue weighted by atomic mass is 19.4. The van der Waals surface area contributed by atoms with Gasteiger partial charge in [-0.05, 0) is 26.0 Å². The van der Waals surface area contributed by atoms with Crippen LogP contribution in [0.25, 0.3) is 0 Å². The second-order valence-electron chi connectivity index (χ2n) is 6.62. The van der Waals surface area contributed by atoms with Gasteiger partial charge in [0.1, 0.15) is 11.9 Å². The van der Waals surface area contributed by atoms with Crippen LogP contribution in [0.5, 0.6) is 0 Å². The van der Waals surface area contributed by atoms with Crippen molar-refractivity contribution in [3.05, 3.63) is 42.1 Å². The van der Waals surface area contributed by atoms with Crippen molar-refractivity contribution in [3.8, 4) is 0 Å². The Morgan fingerprint density at radius 3 is 2.55 bits per heavy atom. The summed E-state index contributed by atoms with van der Waals surface area (Å²) < 4.78 is 37.3. The molecule has 1 atom stereocenters. The minimum atomic E-state index is -5.08. The van der Waals surface area contributed by atoms with Crippen LogP contribution >= 0.6 is 0 Å². The molecule has 1 fully saturated rings. The van der Waals surface area contributed by atoms with Crippen LogP contribution in [0.3, 0.4) is 0 Å². The summed E-state index contributed by atoms with van der Waals surface area (Å²) in [5, 5.41) is 17.9. The Bertz CT molecular complexity index is 882. The number of anilines is 1. The van der Waals surface area contributed by atoms with E-state index in [0.29, 0.717) is 31.1 Å². The van der Waals surface area contributed by atoms with E-state index in [4.69, 9.17) is 14.6 Å². The number of nitrogens with one attached hydrogen (secondary N) is 1. The monoisotopic (exact) mass is 442 g/mol. The molecule has 2 N–H and O–H groups in total. The molecule has 0 aromatic carbocycles. The van der Waals surface area contributed by atoms with Gasteiger partial charge in [0.05, 0.1) is 31.2 Å². The van der Waals surface area contributed by atoms with E-state index in [2.05, 4.69) is 25.5 Å². The van der Waals surface area contributed by atoms with E-state index in [0.717, 1.165) is 5.82 Å². The van der Waals surface area contributed by atoms with Crippen molar-refractivity contribution in [2.45, 2.75) is 32.1 Å². The molecule has 1 saturated heterocycles. The van der Waals surface area contributed by atoms with E-state index in [1.807, 2.05) is 19.9 Å². The topological polar surface area (TPSA) is 130 Å². The fourth-order valence-electron chi connectivity index (χ4n) is 2.55. The van der Waals surface area contributed by atoms with Gasteiger partial charge in [-0.1, -0.05) is 0 Å². The van der Waals surface area contributed by atoms with E-state index in [1.54, 1.807) is 17.2 Å². The molecule has 10 nitrogen and oxygen atoms in total. The van der Waals surface area contributed by atoms with Gasteiger partial charge in [-0.15, -0.1) is 0 Å². The Morgan fingerprint density at radius 1 is 1.26 bits per heavy atom. The largest absolute Gasteiger partial charge is 0.490 e. The van der Waals surface area contributed by atoms with Crippen molar-refractivity contribution in [2.24, 2.45) is 0 Å². The molecule has 3 heterocycles. The first-order chi connectivity index (χ1) is 14.6. The first kappa shape index (κ1) is 23.9. The number of amides is 1. The highest BCUT2D eigenvalue weighted by molar-refractivity contribution is 5.94. The zero-order valence-corrected chi connectivity index (χ0v) is 16.7. The molecule has 0 spiro atoms. The van der Waals surface area contributed by atoms with Gasteiger partial charge in [-0.25, -0.2) is 14.8 Å². The number of alkyl halides is 3. The first-order valence-corrected chi connectivity index (χ1v) is 9.14. The lowest BCUT2D eigenvalue weighted by Crippen LogP contribution is -2.44. The second-order valence-corrected chi connectivity index (χ2v) is 6.62. The maximum absolute atomic E-state index is 12.8. The van der Waals surface area contributed by atoms with E-state index in [9.17, 15) is 18.0 Å². The smallest absolute Gasteiger partial charge is 0.475 e. The highest BCUT2D eigenvalue weighted by Crippen LogP contribution is 2.24. The minimum Gasteiger partial charge on any atom is -0.475 e. The molecular formula is C18H21F3N6O4. The van der Waals surface area contributed by atoms with E-state index in [1.165, 1.54) is 12.4 Å². The zero-order chi connectivity index (χ0) is 23.0. The van der Waals surface area contributed by atoms with Crippen molar-refractivity contribution < 1.29 is 32.6 Å². The van der Waals surface area contributed by atoms with Crippen molar-refractivity contribution in [2.75, 3.05) is 25.1 Å². The van der Waals surface area contributed by atoms with Crippen molar-refractivity contribution >= 4 is 17.7 Å². The maximum Gasteiger partial charge on any atom is 0.490 e. The molecule has 1 aliphatic heterocycles. The van der Waals surface area contributed by atoms with Crippen LogP contribution in [-0.4, -0.2) is 74.0 Å². The third kappa shape index (κ3) is 7.13. The van der Waals surface area contributed by atoms with Crippen LogP contribution in [0.4, 0.5) is 19.0 Å². The molecule has 0 aliphatic carbocycles. The third-order valence-corrected chi connectivity index (χ3v) is 3.87. The number of ether oxygens (including phenoxy) is 1. The Kier molecular flexibility index (Phi) is 8.19. The van der Waals surface area contributed by atoms with E-state index in [-0.39, 0.29) is 18.0 Å². The molecule has 1 aliphatic rings. The Morgan fingerprint density at radius 2 is 1.97 bits per heavy atom. The van der Waals surface area contributed by atoms with Crippen LogP contribution in [0.15, 0.2) is 30.7 Å². The molecule has 13 heteroatoms. The minimum absolute atomic E-state index is 0.121. The predicted molar refractivity (Wildman–Crippen MR) is 101 cm³/mol. The molecule has 2 aromatic rings. The molecule has 31 heavy (non-hydrogen) atoms. The Hall–Kier alpha value is -3.35. The van der Waals surface area contributed by atoms with Crippen LogP contribution in [0.1, 0.15) is 36.1 Å². The van der Waals surface area contributed by atoms with E-state index >= 15 is 0 Å². The predicted octanol–water partition coefficient (Wildman–Crippen LogP) is 1.93. The molecule has 3 rings (SSSR count). The molecule has 168 valence electrons. The first-order valence-electron chi connectivity index (χ1n) is 9.14. The zero-order valence-electron chi connectivity index (χ0n) is 16.7. The number of carboxylic acid groups (broad SMARTS) is 1. The van der Waals surface area contributed by atoms with Crippen molar-refractivity contribution in [1.82, 2.24) is 25.1 Å². The number of hydrogen-bond acceptors (Lipinski definition) is 8. The van der Waals surface area contributed by atoms with Crippen molar-refractivity contribution in [3.63, 3.8) is 0 Å². The summed E-state index contributed by atoms with van der Waals surface area (Å²) in [5.41, 5.74) is 0.494. The normalized spacial score (nSPS) is 16.3. The molecule has 0 radical (unpaired) electrons. The lowest BCUT2D eigenvalue weighted by Gasteiger charge is -2.34. The number of rotatable bonds is 4. The summed E-state index contributed by atoms with van der Waals surface area (Å²) in [7, 11) is 0. The molecular weight excluding hydrogens is 421 g/mol. The van der Waals surface area contributed by atoms with Gasteiger partial charge in [0.2, 0.25) is 0 Å². The summed E-state index contributed by atoms with van der Waals surface area (Å²) in [5.74, 6) is -1.58. The lowest BCUT2D eigenvalue weighted by atomic mass is 10.1. The highest BCUT2D eigenvalue weighted by Gasteiger charge is 2.38. The summed E-state index contributed by atoms with van der Waals surface area (Å²) in [6.07, 6.45) is -0.420. The fourth-order valence-corrected chi connectivity index (χ4v) is 2.55. The number of carbonyl (C=O) groups excluding carboxylic acids is 1. The maximum atomic E-state index is 12.8. The van der Waals surface area contributed by atoms with Crippen molar-refractivity contribution in [1.29, 1.82) is 0 Å². The number of carboxylic acids is 1. The number of nitrogens with zero attached hydrogens (tertiary/aromatic N) is 5. The molecule has 1 amide bonds. The SMILES string of the molecule is CC(C)Nc1ccnc(C2COCCN2C(=O)c2ccnnc2)n1.O=C(O)C(F)(F)F. The van der Waals surface area contributed by atoms with Gasteiger partial charge >= 0.3 is 12.1 Å². The average molecular weight is 442 g/mol. The number of morpholine rings is 1.